The lowest BCUT2D eigenvalue weighted by Crippen LogP contribution is -2.39. The number of nitrogens with two attached hydrogens (primary N) is 1. The Bertz CT molecular complexity index is 1140. The number of alkyl halides is 3. The fraction of sp³-hybridized carbons (Fsp3) is 0.320. The van der Waals surface area contributed by atoms with Gasteiger partial charge < -0.3 is 21.7 Å². The van der Waals surface area contributed by atoms with Gasteiger partial charge in [-0.2, -0.15) is 13.2 Å². The SMILES string of the molecule is NC(=O)NCCCCC(=O)NCC(=O)NC(CC(=O)OOC(=O)C(F)(F)F)c1ccc(-c2ccccc2)cc1. The lowest BCUT2D eigenvalue weighted by Gasteiger charge is -2.19. The van der Waals surface area contributed by atoms with Gasteiger partial charge in [0.25, 0.3) is 0 Å². The Labute approximate surface area is 221 Å². The summed E-state index contributed by atoms with van der Waals surface area (Å²) < 4.78 is 36.9. The van der Waals surface area contributed by atoms with Crippen LogP contribution in [0.4, 0.5) is 18.0 Å². The fourth-order valence-electron chi connectivity index (χ4n) is 3.26. The van der Waals surface area contributed by atoms with Crippen LogP contribution < -0.4 is 21.7 Å². The van der Waals surface area contributed by atoms with Gasteiger partial charge in [0.15, 0.2) is 0 Å². The predicted octanol–water partition coefficient (Wildman–Crippen LogP) is 2.42. The topological polar surface area (TPSA) is 166 Å². The second kappa shape index (κ2) is 15.0. The molecule has 14 heteroatoms. The van der Waals surface area contributed by atoms with E-state index >= 15 is 0 Å². The van der Waals surface area contributed by atoms with Gasteiger partial charge >= 0.3 is 24.1 Å². The summed E-state index contributed by atoms with van der Waals surface area (Å²) in [4.78, 5) is 65.4. The van der Waals surface area contributed by atoms with Crippen LogP contribution in [0.15, 0.2) is 54.6 Å². The summed E-state index contributed by atoms with van der Waals surface area (Å²) in [6, 6.07) is 14.1. The lowest BCUT2D eigenvalue weighted by molar-refractivity contribution is -0.286. The normalized spacial score (nSPS) is 11.6. The molecule has 1 unspecified atom stereocenters. The average Bonchev–Trinajstić information content (AvgIpc) is 2.90. The summed E-state index contributed by atoms with van der Waals surface area (Å²) in [5, 5.41) is 7.29. The monoisotopic (exact) mass is 552 g/mol. The van der Waals surface area contributed by atoms with Gasteiger partial charge in [-0.25, -0.2) is 24.2 Å². The highest BCUT2D eigenvalue weighted by Crippen LogP contribution is 2.24. The molecule has 210 valence electrons. The van der Waals surface area contributed by atoms with Crippen LogP contribution in [0.3, 0.4) is 0 Å². The van der Waals surface area contributed by atoms with Crippen molar-refractivity contribution in [1.29, 1.82) is 0 Å². The Hall–Kier alpha value is -4.62. The number of amides is 4. The van der Waals surface area contributed by atoms with Crippen LogP contribution in [0.5, 0.6) is 0 Å². The molecule has 0 bridgehead atoms. The minimum atomic E-state index is -5.36. The molecule has 0 saturated heterocycles. The third-order valence-electron chi connectivity index (χ3n) is 5.14. The number of carbonyl (C=O) groups is 5. The van der Waals surface area contributed by atoms with Gasteiger partial charge in [0.05, 0.1) is 19.0 Å². The van der Waals surface area contributed by atoms with E-state index < -0.39 is 55.0 Å². The van der Waals surface area contributed by atoms with Gasteiger partial charge in [0.1, 0.15) is 0 Å². The predicted molar refractivity (Wildman–Crippen MR) is 130 cm³/mol. The smallest absolute Gasteiger partial charge is 0.352 e. The van der Waals surface area contributed by atoms with Gasteiger partial charge in [-0.3, -0.25) is 9.59 Å². The van der Waals surface area contributed by atoms with Gasteiger partial charge in [-0.15, -0.1) is 0 Å². The van der Waals surface area contributed by atoms with Crippen molar-refractivity contribution < 1.29 is 46.9 Å². The minimum absolute atomic E-state index is 0.0784. The first-order valence-corrected chi connectivity index (χ1v) is 11.7. The molecule has 11 nitrogen and oxygen atoms in total. The van der Waals surface area contributed by atoms with Crippen LogP contribution in [0.25, 0.3) is 11.1 Å². The molecular formula is C25H27F3N4O7. The van der Waals surface area contributed by atoms with Crippen LogP contribution in [-0.2, 0) is 29.0 Å². The van der Waals surface area contributed by atoms with Gasteiger partial charge in [0.2, 0.25) is 11.8 Å². The highest BCUT2D eigenvalue weighted by Gasteiger charge is 2.43. The second-order valence-electron chi connectivity index (χ2n) is 8.16. The highest BCUT2D eigenvalue weighted by molar-refractivity contribution is 5.85. The number of carbonyl (C=O) groups excluding carboxylic acids is 5. The molecule has 2 rings (SSSR count). The van der Waals surface area contributed by atoms with E-state index in [0.29, 0.717) is 24.9 Å². The first kappa shape index (κ1) is 30.6. The number of benzene rings is 2. The molecule has 4 amide bonds. The molecule has 0 heterocycles. The number of nitrogens with one attached hydrogen (secondary N) is 3. The molecule has 0 aliphatic carbocycles. The zero-order chi connectivity index (χ0) is 28.8. The van der Waals surface area contributed by atoms with E-state index in [1.54, 1.807) is 24.3 Å². The number of hydrogen-bond acceptors (Lipinski definition) is 7. The zero-order valence-electron chi connectivity index (χ0n) is 20.6. The van der Waals surface area contributed by atoms with E-state index in [1.807, 2.05) is 30.3 Å². The molecule has 2 aromatic carbocycles. The summed E-state index contributed by atoms with van der Waals surface area (Å²) in [6.07, 6.45) is -5.05. The van der Waals surface area contributed by atoms with Gasteiger partial charge in [0, 0.05) is 13.0 Å². The minimum Gasteiger partial charge on any atom is -0.352 e. The fourth-order valence-corrected chi connectivity index (χ4v) is 3.26. The Morgan fingerprint density at radius 2 is 1.46 bits per heavy atom. The summed E-state index contributed by atoms with van der Waals surface area (Å²) in [6.45, 7) is -0.155. The van der Waals surface area contributed by atoms with Crippen molar-refractivity contribution in [2.24, 2.45) is 5.73 Å². The van der Waals surface area contributed by atoms with E-state index in [2.05, 4.69) is 25.7 Å². The first-order valence-electron chi connectivity index (χ1n) is 11.7. The lowest BCUT2D eigenvalue weighted by atomic mass is 9.99. The van der Waals surface area contributed by atoms with E-state index in [9.17, 15) is 37.1 Å². The maximum absolute atomic E-state index is 12.5. The molecule has 0 aliphatic rings. The van der Waals surface area contributed by atoms with E-state index in [0.717, 1.165) is 11.1 Å². The third kappa shape index (κ3) is 11.5. The first-order chi connectivity index (χ1) is 18.5. The van der Waals surface area contributed by atoms with Crippen LogP contribution in [-0.4, -0.2) is 49.0 Å². The Morgan fingerprint density at radius 1 is 0.821 bits per heavy atom. The number of unbranched alkanes of at least 4 members (excludes halogenated alkanes) is 1. The number of rotatable bonds is 12. The second-order valence-corrected chi connectivity index (χ2v) is 8.16. The Kier molecular flexibility index (Phi) is 11.7. The molecule has 1 atom stereocenters. The summed E-state index contributed by atoms with van der Waals surface area (Å²) in [7, 11) is 0. The van der Waals surface area contributed by atoms with Crippen molar-refractivity contribution in [3.63, 3.8) is 0 Å². The highest BCUT2D eigenvalue weighted by atomic mass is 19.4. The molecule has 2 aromatic rings. The molecule has 0 radical (unpaired) electrons. The summed E-state index contributed by atoms with van der Waals surface area (Å²) >= 11 is 0. The van der Waals surface area contributed by atoms with Crippen molar-refractivity contribution in [2.45, 2.75) is 37.9 Å². The molecule has 0 aromatic heterocycles. The molecule has 0 aliphatic heterocycles. The molecular weight excluding hydrogens is 525 g/mol. The number of primary amides is 1. The molecule has 5 N–H and O–H groups in total. The van der Waals surface area contributed by atoms with E-state index in [4.69, 9.17) is 5.73 Å². The number of urea groups is 1. The summed E-state index contributed by atoms with van der Waals surface area (Å²) in [5.74, 6) is -5.20. The van der Waals surface area contributed by atoms with Crippen molar-refractivity contribution in [3.8, 4) is 11.1 Å². The standard InChI is InChI=1S/C25H27F3N4O7/c26-25(27,28)23(36)39-38-22(35)14-19(18-11-9-17(10-12-18)16-6-2-1-3-7-16)32-21(34)15-31-20(33)8-4-5-13-30-24(29)37/h1-3,6-7,9-12,19H,4-5,8,13-15H2,(H,31,33)(H,32,34)(H3,29,30,37). The van der Waals surface area contributed by atoms with Gasteiger partial charge in [-0.05, 0) is 29.5 Å². The Morgan fingerprint density at radius 3 is 2.08 bits per heavy atom. The molecule has 39 heavy (non-hydrogen) atoms. The molecule has 0 fully saturated rings. The average molecular weight is 553 g/mol. The van der Waals surface area contributed by atoms with Crippen molar-refractivity contribution in [3.05, 3.63) is 60.2 Å². The van der Waals surface area contributed by atoms with Crippen LogP contribution in [0.1, 0.15) is 37.3 Å². The molecule has 0 spiro atoms. The van der Waals surface area contributed by atoms with E-state index in [1.165, 1.54) is 0 Å². The maximum atomic E-state index is 12.5. The Balaban J connectivity index is 1.99. The summed E-state index contributed by atoms with van der Waals surface area (Å²) in [5.41, 5.74) is 7.06. The van der Waals surface area contributed by atoms with Crippen molar-refractivity contribution >= 4 is 29.8 Å². The molecule has 0 saturated carbocycles. The maximum Gasteiger partial charge on any atom is 0.495 e. The van der Waals surface area contributed by atoms with Gasteiger partial charge in [-0.1, -0.05) is 54.6 Å². The third-order valence-corrected chi connectivity index (χ3v) is 5.14. The zero-order valence-corrected chi connectivity index (χ0v) is 20.6. The van der Waals surface area contributed by atoms with E-state index in [-0.39, 0.29) is 6.42 Å². The van der Waals surface area contributed by atoms with Crippen molar-refractivity contribution in [1.82, 2.24) is 16.0 Å². The van der Waals surface area contributed by atoms with Crippen LogP contribution in [0, 0.1) is 0 Å². The van der Waals surface area contributed by atoms with Crippen LogP contribution in [0.2, 0.25) is 0 Å². The largest absolute Gasteiger partial charge is 0.495 e. The number of halogens is 3. The van der Waals surface area contributed by atoms with Crippen LogP contribution >= 0.6 is 0 Å². The number of hydrogen-bond donors (Lipinski definition) is 4. The quantitative estimate of drug-likeness (QED) is 0.178. The van der Waals surface area contributed by atoms with Crippen molar-refractivity contribution in [2.75, 3.05) is 13.1 Å².